The maximum absolute atomic E-state index is 13.6. The van der Waals surface area contributed by atoms with Gasteiger partial charge in [0.2, 0.25) is 0 Å². The number of benzene rings is 3. The lowest BCUT2D eigenvalue weighted by Crippen LogP contribution is -2.10. The minimum Gasteiger partial charge on any atom is -0.309 e. The standard InChI is InChI=1S/C20H11F3N2/c1-24-13-10-11-19(16(12-13)20(21,22)23)25-17-8-4-2-6-14(17)15-7-3-5-9-18(15)25/h2-12H. The van der Waals surface area contributed by atoms with E-state index in [0.29, 0.717) is 11.0 Å². The van der Waals surface area contributed by atoms with Crippen molar-refractivity contribution in [2.45, 2.75) is 6.18 Å². The quantitative estimate of drug-likeness (QED) is 0.358. The Bertz CT molecular complexity index is 1090. The van der Waals surface area contributed by atoms with Crippen LogP contribution in [0.15, 0.2) is 66.7 Å². The summed E-state index contributed by atoms with van der Waals surface area (Å²) in [4.78, 5) is 3.13. The van der Waals surface area contributed by atoms with E-state index in [-0.39, 0.29) is 11.4 Å². The summed E-state index contributed by atoms with van der Waals surface area (Å²) in [5, 5.41) is 1.78. The number of hydrogen-bond donors (Lipinski definition) is 0. The number of aromatic nitrogens is 1. The maximum atomic E-state index is 13.6. The van der Waals surface area contributed by atoms with Crippen molar-refractivity contribution < 1.29 is 13.2 Å². The molecule has 0 radical (unpaired) electrons. The van der Waals surface area contributed by atoms with Gasteiger partial charge in [0, 0.05) is 10.8 Å². The van der Waals surface area contributed by atoms with E-state index in [1.54, 1.807) is 28.8 Å². The average molecular weight is 336 g/mol. The predicted molar refractivity (Wildman–Crippen MR) is 92.0 cm³/mol. The van der Waals surface area contributed by atoms with Crippen LogP contribution in [0.4, 0.5) is 18.9 Å². The van der Waals surface area contributed by atoms with Gasteiger partial charge in [-0.2, -0.15) is 13.2 Å². The fourth-order valence-corrected chi connectivity index (χ4v) is 3.20. The fraction of sp³-hybridized carbons (Fsp3) is 0.0500. The van der Waals surface area contributed by atoms with Crippen molar-refractivity contribution in [2.75, 3.05) is 0 Å². The van der Waals surface area contributed by atoms with Crippen LogP contribution in [-0.4, -0.2) is 4.57 Å². The molecule has 3 aromatic carbocycles. The van der Waals surface area contributed by atoms with Crippen LogP contribution in [0.5, 0.6) is 0 Å². The Morgan fingerprint density at radius 3 is 1.88 bits per heavy atom. The molecule has 5 heteroatoms. The Hall–Kier alpha value is -3.26. The summed E-state index contributed by atoms with van der Waals surface area (Å²) in [5.41, 5.74) is 0.580. The van der Waals surface area contributed by atoms with E-state index in [0.717, 1.165) is 16.8 Å². The molecule has 0 saturated carbocycles. The first-order chi connectivity index (χ1) is 12.0. The topological polar surface area (TPSA) is 9.29 Å². The van der Waals surface area contributed by atoms with Gasteiger partial charge in [0.05, 0.1) is 28.9 Å². The van der Waals surface area contributed by atoms with E-state index in [1.807, 2.05) is 24.3 Å². The van der Waals surface area contributed by atoms with Crippen LogP contribution in [0.1, 0.15) is 5.56 Å². The smallest absolute Gasteiger partial charge is 0.309 e. The molecular formula is C20H11F3N2. The van der Waals surface area contributed by atoms with E-state index >= 15 is 0 Å². The van der Waals surface area contributed by atoms with Crippen molar-refractivity contribution in [3.8, 4) is 5.69 Å². The highest BCUT2D eigenvalue weighted by Crippen LogP contribution is 2.40. The minimum atomic E-state index is -4.55. The van der Waals surface area contributed by atoms with Crippen molar-refractivity contribution in [1.82, 2.24) is 4.57 Å². The Kier molecular flexibility index (Phi) is 3.29. The molecule has 0 aliphatic carbocycles. The van der Waals surface area contributed by atoms with Crippen LogP contribution in [0.2, 0.25) is 0 Å². The van der Waals surface area contributed by atoms with E-state index in [2.05, 4.69) is 4.85 Å². The number of hydrogen-bond acceptors (Lipinski definition) is 0. The molecule has 0 unspecified atom stereocenters. The fourth-order valence-electron chi connectivity index (χ4n) is 3.20. The second-order valence-electron chi connectivity index (χ2n) is 5.68. The zero-order valence-corrected chi connectivity index (χ0v) is 12.9. The highest BCUT2D eigenvalue weighted by molar-refractivity contribution is 6.09. The van der Waals surface area contributed by atoms with E-state index in [1.165, 1.54) is 12.1 Å². The molecule has 0 spiro atoms. The van der Waals surface area contributed by atoms with Gasteiger partial charge < -0.3 is 4.57 Å². The van der Waals surface area contributed by atoms with Crippen molar-refractivity contribution in [3.05, 3.63) is 83.7 Å². The Morgan fingerprint density at radius 2 is 1.36 bits per heavy atom. The molecule has 0 amide bonds. The lowest BCUT2D eigenvalue weighted by molar-refractivity contribution is -0.137. The molecule has 0 saturated heterocycles. The normalized spacial score (nSPS) is 11.8. The SMILES string of the molecule is [C-]#[N+]c1ccc(-n2c3ccccc3c3ccccc32)c(C(F)(F)F)c1. The van der Waals surface area contributed by atoms with Crippen molar-refractivity contribution in [1.29, 1.82) is 0 Å². The molecule has 0 fully saturated rings. The van der Waals surface area contributed by atoms with Crippen molar-refractivity contribution >= 4 is 27.5 Å². The van der Waals surface area contributed by atoms with Gasteiger partial charge in [0.1, 0.15) is 0 Å². The maximum Gasteiger partial charge on any atom is 0.417 e. The molecule has 122 valence electrons. The first kappa shape index (κ1) is 15.3. The third-order valence-corrected chi connectivity index (χ3v) is 4.24. The van der Waals surface area contributed by atoms with Gasteiger partial charge in [-0.1, -0.05) is 42.5 Å². The molecule has 0 atom stereocenters. The van der Waals surface area contributed by atoms with E-state index < -0.39 is 11.7 Å². The first-order valence-corrected chi connectivity index (χ1v) is 7.58. The summed E-state index contributed by atoms with van der Waals surface area (Å²) >= 11 is 0. The summed E-state index contributed by atoms with van der Waals surface area (Å²) in [7, 11) is 0. The summed E-state index contributed by atoms with van der Waals surface area (Å²) in [6.07, 6.45) is -4.55. The van der Waals surface area contributed by atoms with Gasteiger partial charge in [-0.3, -0.25) is 0 Å². The molecule has 4 aromatic rings. The predicted octanol–water partition coefficient (Wildman–Crippen LogP) is 6.35. The highest BCUT2D eigenvalue weighted by atomic mass is 19.4. The number of fused-ring (bicyclic) bond motifs is 3. The van der Waals surface area contributed by atoms with Crippen LogP contribution in [0.25, 0.3) is 32.3 Å². The third-order valence-electron chi connectivity index (χ3n) is 4.24. The van der Waals surface area contributed by atoms with Crippen LogP contribution < -0.4 is 0 Å². The molecule has 0 aliphatic heterocycles. The summed E-state index contributed by atoms with van der Waals surface area (Å²) < 4.78 is 42.5. The van der Waals surface area contributed by atoms with Crippen LogP contribution in [-0.2, 0) is 6.18 Å². The zero-order valence-electron chi connectivity index (χ0n) is 12.9. The van der Waals surface area contributed by atoms with Gasteiger partial charge >= 0.3 is 6.18 Å². The van der Waals surface area contributed by atoms with E-state index in [9.17, 15) is 13.2 Å². The molecule has 2 nitrogen and oxygen atoms in total. The second-order valence-corrected chi connectivity index (χ2v) is 5.68. The third kappa shape index (κ3) is 2.34. The van der Waals surface area contributed by atoms with Crippen LogP contribution >= 0.6 is 0 Å². The van der Waals surface area contributed by atoms with Gasteiger partial charge in [-0.05, 0) is 24.3 Å². The monoisotopic (exact) mass is 336 g/mol. The highest BCUT2D eigenvalue weighted by Gasteiger charge is 2.34. The van der Waals surface area contributed by atoms with Crippen molar-refractivity contribution in [3.63, 3.8) is 0 Å². The Balaban J connectivity index is 2.17. The average Bonchev–Trinajstić information content (AvgIpc) is 2.95. The number of alkyl halides is 3. The summed E-state index contributed by atoms with van der Waals surface area (Å²) in [5.74, 6) is 0. The number of rotatable bonds is 1. The largest absolute Gasteiger partial charge is 0.417 e. The molecule has 1 heterocycles. The Labute approximate surface area is 141 Å². The van der Waals surface area contributed by atoms with Gasteiger partial charge in [0.25, 0.3) is 0 Å². The molecular weight excluding hydrogens is 325 g/mol. The molecule has 0 N–H and O–H groups in total. The van der Waals surface area contributed by atoms with Crippen molar-refractivity contribution in [2.24, 2.45) is 0 Å². The number of para-hydroxylation sites is 2. The molecule has 25 heavy (non-hydrogen) atoms. The number of halogens is 3. The molecule has 1 aromatic heterocycles. The van der Waals surface area contributed by atoms with Gasteiger partial charge in [0.15, 0.2) is 5.69 Å². The molecule has 0 bridgehead atoms. The van der Waals surface area contributed by atoms with Crippen LogP contribution in [0, 0.1) is 6.57 Å². The summed E-state index contributed by atoms with van der Waals surface area (Å²) in [6, 6.07) is 18.4. The van der Waals surface area contributed by atoms with Crippen LogP contribution in [0.3, 0.4) is 0 Å². The lowest BCUT2D eigenvalue weighted by atomic mass is 10.1. The zero-order chi connectivity index (χ0) is 17.6. The van der Waals surface area contributed by atoms with Gasteiger partial charge in [-0.25, -0.2) is 4.85 Å². The molecule has 0 aliphatic rings. The summed E-state index contributed by atoms with van der Waals surface area (Å²) in [6.45, 7) is 7.00. The number of nitrogens with zero attached hydrogens (tertiary/aromatic N) is 2. The first-order valence-electron chi connectivity index (χ1n) is 7.58. The molecule has 4 rings (SSSR count). The minimum absolute atomic E-state index is 0.0253. The van der Waals surface area contributed by atoms with Gasteiger partial charge in [-0.15, -0.1) is 0 Å². The second kappa shape index (κ2) is 5.38. The Morgan fingerprint density at radius 1 is 0.800 bits per heavy atom. The lowest BCUT2D eigenvalue weighted by Gasteiger charge is -2.16. The van der Waals surface area contributed by atoms with E-state index in [4.69, 9.17) is 6.57 Å².